The van der Waals surface area contributed by atoms with Crippen LogP contribution in [0, 0.1) is 5.92 Å². The fourth-order valence-corrected chi connectivity index (χ4v) is 1.93. The van der Waals surface area contributed by atoms with E-state index in [1.165, 1.54) is 0 Å². The van der Waals surface area contributed by atoms with Crippen molar-refractivity contribution in [2.75, 3.05) is 40.3 Å². The van der Waals surface area contributed by atoms with Crippen molar-refractivity contribution in [2.24, 2.45) is 5.92 Å². The second kappa shape index (κ2) is 6.44. The van der Waals surface area contributed by atoms with E-state index in [2.05, 4.69) is 5.32 Å². The lowest BCUT2D eigenvalue weighted by molar-refractivity contribution is -0.139. The Kier molecular flexibility index (Phi) is 5.21. The molecule has 1 aliphatic heterocycles. The molecule has 0 bridgehead atoms. The lowest BCUT2D eigenvalue weighted by atomic mass is 9.97. The maximum Gasteiger partial charge on any atom is 0.319 e. The van der Waals surface area contributed by atoms with Crippen molar-refractivity contribution < 1.29 is 14.7 Å². The van der Waals surface area contributed by atoms with Gasteiger partial charge in [0, 0.05) is 32.6 Å². The third kappa shape index (κ3) is 4.22. The Morgan fingerprint density at radius 2 is 2.12 bits per heavy atom. The minimum Gasteiger partial charge on any atom is -0.481 e. The van der Waals surface area contributed by atoms with Crippen LogP contribution < -0.4 is 5.32 Å². The summed E-state index contributed by atoms with van der Waals surface area (Å²) in [5.41, 5.74) is 0. The first-order chi connectivity index (χ1) is 8.04. The molecule has 6 heteroatoms. The van der Waals surface area contributed by atoms with Crippen LogP contribution in [-0.4, -0.2) is 67.2 Å². The fraction of sp³-hybridized carbons (Fsp3) is 0.818. The summed E-state index contributed by atoms with van der Waals surface area (Å²) in [5, 5.41) is 11.6. The molecule has 1 heterocycles. The molecule has 0 aliphatic carbocycles. The Bertz CT molecular complexity index is 277. The largest absolute Gasteiger partial charge is 0.481 e. The summed E-state index contributed by atoms with van der Waals surface area (Å²) in [4.78, 5) is 25.7. The molecule has 98 valence electrons. The SMILES string of the molecule is CNCCCN(C)C(=O)N1CC(CC(=O)O)C1. The zero-order valence-corrected chi connectivity index (χ0v) is 10.5. The highest BCUT2D eigenvalue weighted by Gasteiger charge is 2.33. The molecule has 1 saturated heterocycles. The number of nitrogens with one attached hydrogen (secondary N) is 1. The molecule has 0 aromatic rings. The summed E-state index contributed by atoms with van der Waals surface area (Å²) in [5.74, 6) is -0.661. The molecule has 1 fully saturated rings. The van der Waals surface area contributed by atoms with Crippen LogP contribution in [0.2, 0.25) is 0 Å². The van der Waals surface area contributed by atoms with Crippen molar-refractivity contribution in [2.45, 2.75) is 12.8 Å². The van der Waals surface area contributed by atoms with E-state index in [0.717, 1.165) is 19.5 Å². The molecule has 0 spiro atoms. The lowest BCUT2D eigenvalue weighted by Gasteiger charge is -2.40. The lowest BCUT2D eigenvalue weighted by Crippen LogP contribution is -2.54. The molecule has 1 rings (SSSR count). The highest BCUT2D eigenvalue weighted by atomic mass is 16.4. The predicted octanol–water partition coefficient (Wildman–Crippen LogP) is 0.0542. The fourth-order valence-electron chi connectivity index (χ4n) is 1.93. The van der Waals surface area contributed by atoms with Gasteiger partial charge in [0.2, 0.25) is 0 Å². The van der Waals surface area contributed by atoms with Gasteiger partial charge >= 0.3 is 12.0 Å². The van der Waals surface area contributed by atoms with Gasteiger partial charge in [-0.15, -0.1) is 0 Å². The molecular weight excluding hydrogens is 222 g/mol. The van der Waals surface area contributed by atoms with Crippen molar-refractivity contribution in [3.8, 4) is 0 Å². The van der Waals surface area contributed by atoms with Gasteiger partial charge in [0.1, 0.15) is 0 Å². The number of carbonyl (C=O) groups excluding carboxylic acids is 1. The van der Waals surface area contributed by atoms with Crippen LogP contribution in [0.4, 0.5) is 4.79 Å². The van der Waals surface area contributed by atoms with Gasteiger partial charge in [-0.3, -0.25) is 4.79 Å². The molecule has 2 N–H and O–H groups in total. The van der Waals surface area contributed by atoms with Crippen LogP contribution in [0.3, 0.4) is 0 Å². The Morgan fingerprint density at radius 1 is 1.47 bits per heavy atom. The number of carboxylic acids is 1. The number of likely N-dealkylation sites (tertiary alicyclic amines) is 1. The van der Waals surface area contributed by atoms with E-state index in [9.17, 15) is 9.59 Å². The topological polar surface area (TPSA) is 72.9 Å². The second-order valence-electron chi connectivity index (χ2n) is 4.53. The maximum absolute atomic E-state index is 11.8. The Balaban J connectivity index is 2.19. The minimum atomic E-state index is -0.788. The molecule has 0 atom stereocenters. The third-order valence-electron chi connectivity index (χ3n) is 2.94. The zero-order chi connectivity index (χ0) is 12.8. The van der Waals surface area contributed by atoms with Crippen LogP contribution >= 0.6 is 0 Å². The van der Waals surface area contributed by atoms with Crippen LogP contribution in [0.25, 0.3) is 0 Å². The normalized spacial score (nSPS) is 15.5. The van der Waals surface area contributed by atoms with E-state index in [0.29, 0.717) is 13.1 Å². The van der Waals surface area contributed by atoms with E-state index >= 15 is 0 Å². The second-order valence-corrected chi connectivity index (χ2v) is 4.53. The minimum absolute atomic E-state index is 0.00254. The number of carboxylic acid groups (broad SMARTS) is 1. The number of hydrogen-bond donors (Lipinski definition) is 2. The first-order valence-electron chi connectivity index (χ1n) is 5.91. The Hall–Kier alpha value is -1.30. The quantitative estimate of drug-likeness (QED) is 0.647. The number of carbonyl (C=O) groups is 2. The molecule has 2 amide bonds. The number of hydrogen-bond acceptors (Lipinski definition) is 3. The molecule has 0 saturated carbocycles. The summed E-state index contributed by atoms with van der Waals surface area (Å²) in [6.07, 6.45) is 1.08. The van der Waals surface area contributed by atoms with Gasteiger partial charge in [-0.1, -0.05) is 0 Å². The maximum atomic E-state index is 11.8. The highest BCUT2D eigenvalue weighted by Crippen LogP contribution is 2.20. The summed E-state index contributed by atoms with van der Waals surface area (Å²) in [6.45, 7) is 2.75. The summed E-state index contributed by atoms with van der Waals surface area (Å²) >= 11 is 0. The van der Waals surface area contributed by atoms with Crippen molar-refractivity contribution in [3.63, 3.8) is 0 Å². The van der Waals surface area contributed by atoms with Gasteiger partial charge in [-0.05, 0) is 20.0 Å². The predicted molar refractivity (Wildman–Crippen MR) is 63.9 cm³/mol. The molecule has 17 heavy (non-hydrogen) atoms. The van der Waals surface area contributed by atoms with Crippen molar-refractivity contribution in [3.05, 3.63) is 0 Å². The molecule has 0 radical (unpaired) electrons. The smallest absolute Gasteiger partial charge is 0.319 e. The molecule has 0 unspecified atom stereocenters. The van der Waals surface area contributed by atoms with E-state index in [1.54, 1.807) is 16.8 Å². The first-order valence-corrected chi connectivity index (χ1v) is 5.91. The van der Waals surface area contributed by atoms with Gasteiger partial charge in [0.25, 0.3) is 0 Å². The number of nitrogens with zero attached hydrogens (tertiary/aromatic N) is 2. The first kappa shape index (κ1) is 13.8. The average molecular weight is 243 g/mol. The molecule has 0 aromatic carbocycles. The molecule has 0 aromatic heterocycles. The van der Waals surface area contributed by atoms with Gasteiger partial charge in [0.15, 0.2) is 0 Å². The van der Waals surface area contributed by atoms with Crippen molar-refractivity contribution in [1.29, 1.82) is 0 Å². The van der Waals surface area contributed by atoms with Crippen LogP contribution in [0.5, 0.6) is 0 Å². The number of rotatable bonds is 6. The van der Waals surface area contributed by atoms with E-state index in [1.807, 2.05) is 7.05 Å². The van der Waals surface area contributed by atoms with Gasteiger partial charge in [0.05, 0.1) is 6.42 Å². The number of amides is 2. The molecular formula is C11H21N3O3. The van der Waals surface area contributed by atoms with Gasteiger partial charge in [-0.2, -0.15) is 0 Å². The average Bonchev–Trinajstić information content (AvgIpc) is 2.21. The van der Waals surface area contributed by atoms with Crippen LogP contribution in [0.1, 0.15) is 12.8 Å². The molecule has 1 aliphatic rings. The Morgan fingerprint density at radius 3 is 2.65 bits per heavy atom. The van der Waals surface area contributed by atoms with Crippen LogP contribution in [-0.2, 0) is 4.79 Å². The standard InChI is InChI=1S/C11H21N3O3/c1-12-4-3-5-13(2)11(17)14-7-9(8-14)6-10(15)16/h9,12H,3-8H2,1-2H3,(H,15,16). The summed E-state index contributed by atoms with van der Waals surface area (Å²) < 4.78 is 0. The molecule has 6 nitrogen and oxygen atoms in total. The van der Waals surface area contributed by atoms with Crippen LogP contribution in [0.15, 0.2) is 0 Å². The van der Waals surface area contributed by atoms with Crippen molar-refractivity contribution >= 4 is 12.0 Å². The van der Waals surface area contributed by atoms with E-state index < -0.39 is 5.97 Å². The third-order valence-corrected chi connectivity index (χ3v) is 2.94. The number of urea groups is 1. The zero-order valence-electron chi connectivity index (χ0n) is 10.5. The summed E-state index contributed by atoms with van der Waals surface area (Å²) in [7, 11) is 3.66. The van der Waals surface area contributed by atoms with E-state index in [-0.39, 0.29) is 18.4 Å². The monoisotopic (exact) mass is 243 g/mol. The van der Waals surface area contributed by atoms with Crippen molar-refractivity contribution in [1.82, 2.24) is 15.1 Å². The number of aliphatic carboxylic acids is 1. The van der Waals surface area contributed by atoms with E-state index in [4.69, 9.17) is 5.11 Å². The van der Waals surface area contributed by atoms with Gasteiger partial charge in [-0.25, -0.2) is 4.79 Å². The van der Waals surface area contributed by atoms with Gasteiger partial charge < -0.3 is 20.2 Å². The summed E-state index contributed by atoms with van der Waals surface area (Å²) in [6, 6.07) is 0.00254. The Labute approximate surface area is 102 Å². The highest BCUT2D eigenvalue weighted by molar-refractivity contribution is 5.75.